The average Bonchev–Trinajstić information content (AvgIpc) is 3.43. The molecule has 36 heavy (non-hydrogen) atoms. The van der Waals surface area contributed by atoms with Crippen LogP contribution >= 0.6 is 0 Å². The molecule has 0 atom stereocenters. The van der Waals surface area contributed by atoms with Crippen molar-refractivity contribution in [1.29, 1.82) is 0 Å². The monoisotopic (exact) mass is 483 g/mol. The second-order valence-corrected chi connectivity index (χ2v) is 8.93. The minimum atomic E-state index is -0.309. The van der Waals surface area contributed by atoms with E-state index in [0.717, 1.165) is 36.1 Å². The van der Waals surface area contributed by atoms with Gasteiger partial charge in [0, 0.05) is 36.1 Å². The van der Waals surface area contributed by atoms with E-state index in [2.05, 4.69) is 20.1 Å². The quantitative estimate of drug-likeness (QED) is 0.379. The molecule has 1 aromatic carbocycles. The van der Waals surface area contributed by atoms with Gasteiger partial charge in [0.05, 0.1) is 13.3 Å². The van der Waals surface area contributed by atoms with E-state index in [1.807, 2.05) is 49.5 Å². The maximum absolute atomic E-state index is 13.1. The smallest absolute Gasteiger partial charge is 0.333 e. The lowest BCUT2D eigenvalue weighted by atomic mass is 10.1. The fourth-order valence-electron chi connectivity index (χ4n) is 4.40. The number of pyridine rings is 1. The van der Waals surface area contributed by atoms with Gasteiger partial charge < -0.3 is 9.72 Å². The molecule has 0 bridgehead atoms. The molecule has 1 saturated carbocycles. The van der Waals surface area contributed by atoms with Crippen LogP contribution in [0.3, 0.4) is 0 Å². The van der Waals surface area contributed by atoms with Gasteiger partial charge in [0.1, 0.15) is 17.1 Å². The molecular formula is C26H25N7O3. The summed E-state index contributed by atoms with van der Waals surface area (Å²) >= 11 is 0. The molecule has 0 amide bonds. The van der Waals surface area contributed by atoms with Crippen LogP contribution in [0.1, 0.15) is 32.2 Å². The molecule has 1 aliphatic rings. The first-order valence-corrected chi connectivity index (χ1v) is 12.0. The van der Waals surface area contributed by atoms with Crippen LogP contribution in [0.15, 0.2) is 64.6 Å². The molecule has 6 rings (SSSR count). The normalized spacial score (nSPS) is 13.4. The largest absolute Gasteiger partial charge is 0.497 e. The SMILES string of the molecule is CCCn1c(=O)n(C2CC2)c(=O)c2[nH]c(-c3ccc(-n4cc(-c5ccc(OC)cc5)cn4)nc3)nc21. The Labute approximate surface area is 205 Å². The summed E-state index contributed by atoms with van der Waals surface area (Å²) in [5.74, 6) is 1.94. The molecule has 5 aromatic rings. The molecule has 0 saturated heterocycles. The van der Waals surface area contributed by atoms with Crippen molar-refractivity contribution in [3.63, 3.8) is 0 Å². The Bertz CT molecular complexity index is 1670. The van der Waals surface area contributed by atoms with Crippen molar-refractivity contribution in [3.8, 4) is 34.1 Å². The molecule has 1 aliphatic carbocycles. The first-order valence-electron chi connectivity index (χ1n) is 12.0. The number of methoxy groups -OCH3 is 1. The highest BCUT2D eigenvalue weighted by Crippen LogP contribution is 2.32. The molecule has 0 unspecified atom stereocenters. The van der Waals surface area contributed by atoms with Crippen LogP contribution in [-0.4, -0.2) is 41.0 Å². The lowest BCUT2D eigenvalue weighted by Gasteiger charge is -2.09. The van der Waals surface area contributed by atoms with E-state index < -0.39 is 0 Å². The molecular weight excluding hydrogens is 458 g/mol. The summed E-state index contributed by atoms with van der Waals surface area (Å²) in [5.41, 5.74) is 2.85. The van der Waals surface area contributed by atoms with Gasteiger partial charge in [-0.25, -0.2) is 19.4 Å². The van der Waals surface area contributed by atoms with Crippen LogP contribution in [0.5, 0.6) is 5.75 Å². The molecule has 1 fully saturated rings. The predicted octanol–water partition coefficient (Wildman–Crippen LogP) is 3.55. The second-order valence-electron chi connectivity index (χ2n) is 8.93. The first-order chi connectivity index (χ1) is 17.6. The minimum Gasteiger partial charge on any atom is -0.497 e. The number of fused-ring (bicyclic) bond motifs is 1. The number of ether oxygens (including phenoxy) is 1. The number of imidazole rings is 1. The van der Waals surface area contributed by atoms with Crippen LogP contribution < -0.4 is 16.0 Å². The van der Waals surface area contributed by atoms with Gasteiger partial charge in [-0.05, 0) is 49.1 Å². The van der Waals surface area contributed by atoms with Gasteiger partial charge in [-0.15, -0.1) is 0 Å². The summed E-state index contributed by atoms with van der Waals surface area (Å²) < 4.78 is 9.90. The van der Waals surface area contributed by atoms with Crippen molar-refractivity contribution in [1.82, 2.24) is 33.9 Å². The standard InChI is InChI=1S/C26H25N7O3/c1-3-12-31-24-22(25(34)33(26(31)35)19-7-8-19)29-23(30-24)17-6-11-21(27-13-17)32-15-18(14-28-32)16-4-9-20(36-2)10-5-16/h4-6,9-11,13-15,19H,3,7-8,12H2,1-2H3,(H,29,30). The van der Waals surface area contributed by atoms with E-state index in [4.69, 9.17) is 4.74 Å². The van der Waals surface area contributed by atoms with Crippen molar-refractivity contribution in [3.05, 3.63) is 75.8 Å². The van der Waals surface area contributed by atoms with Gasteiger partial charge in [0.2, 0.25) is 0 Å². The molecule has 4 aromatic heterocycles. The fraction of sp³-hybridized carbons (Fsp3) is 0.269. The minimum absolute atomic E-state index is 0.0120. The summed E-state index contributed by atoms with van der Waals surface area (Å²) in [5, 5.41) is 4.45. The highest BCUT2D eigenvalue weighted by molar-refractivity contribution is 5.75. The van der Waals surface area contributed by atoms with Crippen molar-refractivity contribution in [2.75, 3.05) is 7.11 Å². The number of rotatable bonds is 7. The van der Waals surface area contributed by atoms with Crippen molar-refractivity contribution < 1.29 is 4.74 Å². The van der Waals surface area contributed by atoms with Gasteiger partial charge in [-0.2, -0.15) is 5.10 Å². The highest BCUT2D eigenvalue weighted by Gasteiger charge is 2.29. The molecule has 182 valence electrons. The first kappa shape index (κ1) is 22.0. The Morgan fingerprint density at radius 2 is 1.81 bits per heavy atom. The van der Waals surface area contributed by atoms with Gasteiger partial charge in [-0.1, -0.05) is 19.1 Å². The third-order valence-electron chi connectivity index (χ3n) is 6.43. The maximum atomic E-state index is 13.1. The zero-order valence-electron chi connectivity index (χ0n) is 20.0. The van der Waals surface area contributed by atoms with E-state index in [-0.39, 0.29) is 17.3 Å². The topological polar surface area (TPSA) is 113 Å². The van der Waals surface area contributed by atoms with Crippen molar-refractivity contribution >= 4 is 11.2 Å². The van der Waals surface area contributed by atoms with Crippen LogP contribution in [0.25, 0.3) is 39.5 Å². The summed E-state index contributed by atoms with van der Waals surface area (Å²) in [6, 6.07) is 11.5. The Balaban J connectivity index is 1.33. The van der Waals surface area contributed by atoms with E-state index in [9.17, 15) is 9.59 Å². The van der Waals surface area contributed by atoms with Gasteiger partial charge >= 0.3 is 5.69 Å². The Hall–Kier alpha value is -4.47. The van der Waals surface area contributed by atoms with E-state index in [1.54, 1.807) is 28.8 Å². The predicted molar refractivity (Wildman–Crippen MR) is 136 cm³/mol. The zero-order chi connectivity index (χ0) is 24.8. The van der Waals surface area contributed by atoms with Crippen LogP contribution in [-0.2, 0) is 6.54 Å². The number of nitrogens with zero attached hydrogens (tertiary/aromatic N) is 6. The third kappa shape index (κ3) is 3.71. The Morgan fingerprint density at radius 3 is 2.47 bits per heavy atom. The number of aryl methyl sites for hydroxylation is 1. The van der Waals surface area contributed by atoms with E-state index >= 15 is 0 Å². The molecule has 0 spiro atoms. The molecule has 10 heteroatoms. The molecule has 10 nitrogen and oxygen atoms in total. The van der Waals surface area contributed by atoms with Crippen molar-refractivity contribution in [2.24, 2.45) is 0 Å². The van der Waals surface area contributed by atoms with Gasteiger partial charge in [0.25, 0.3) is 5.56 Å². The number of aromatic amines is 1. The number of nitrogens with one attached hydrogen (secondary N) is 1. The number of benzene rings is 1. The maximum Gasteiger partial charge on any atom is 0.333 e. The summed E-state index contributed by atoms with van der Waals surface area (Å²) in [7, 11) is 1.64. The van der Waals surface area contributed by atoms with E-state index in [1.165, 1.54) is 4.57 Å². The fourth-order valence-corrected chi connectivity index (χ4v) is 4.40. The van der Waals surface area contributed by atoms with Gasteiger partial charge in [0.15, 0.2) is 11.5 Å². The third-order valence-corrected chi connectivity index (χ3v) is 6.43. The number of hydrogen-bond acceptors (Lipinski definition) is 6. The Morgan fingerprint density at radius 1 is 1.03 bits per heavy atom. The lowest BCUT2D eigenvalue weighted by molar-refractivity contribution is 0.415. The summed E-state index contributed by atoms with van der Waals surface area (Å²) in [4.78, 5) is 38.4. The number of aromatic nitrogens is 7. The second kappa shape index (κ2) is 8.63. The highest BCUT2D eigenvalue weighted by atomic mass is 16.5. The van der Waals surface area contributed by atoms with Crippen LogP contribution in [0.2, 0.25) is 0 Å². The number of hydrogen-bond donors (Lipinski definition) is 1. The Kier molecular flexibility index (Phi) is 5.28. The van der Waals surface area contributed by atoms with E-state index in [0.29, 0.717) is 34.9 Å². The average molecular weight is 484 g/mol. The van der Waals surface area contributed by atoms with Crippen LogP contribution in [0, 0.1) is 0 Å². The molecule has 1 N–H and O–H groups in total. The summed E-state index contributed by atoms with van der Waals surface area (Å²) in [6.45, 7) is 2.50. The number of H-pyrrole nitrogens is 1. The summed E-state index contributed by atoms with van der Waals surface area (Å²) in [6.07, 6.45) is 7.85. The zero-order valence-corrected chi connectivity index (χ0v) is 20.0. The van der Waals surface area contributed by atoms with Crippen LogP contribution in [0.4, 0.5) is 0 Å². The van der Waals surface area contributed by atoms with Gasteiger partial charge in [-0.3, -0.25) is 13.9 Å². The molecule has 0 aliphatic heterocycles. The molecule has 4 heterocycles. The lowest BCUT2D eigenvalue weighted by Crippen LogP contribution is -2.39. The molecule has 0 radical (unpaired) electrons. The van der Waals surface area contributed by atoms with Crippen molar-refractivity contribution in [2.45, 2.75) is 38.8 Å².